The molecule has 27 nitrogen and oxygen atoms in total. The molecule has 3 aromatic carbocycles. The molecule has 1 spiro atoms. The lowest BCUT2D eigenvalue weighted by Gasteiger charge is -2.37. The highest BCUT2D eigenvalue weighted by molar-refractivity contribution is 6.00. The zero-order valence-corrected chi connectivity index (χ0v) is 44.6. The molecule has 27 heteroatoms. The molecular weight excluding hydrogens is 1020 g/mol. The molecule has 0 saturated heterocycles. The normalized spacial score (nSPS) is 15.2. The third-order valence-electron chi connectivity index (χ3n) is 12.3. The van der Waals surface area contributed by atoms with Crippen LogP contribution in [0.25, 0.3) is 0 Å². The minimum absolute atomic E-state index is 0.0687. The minimum atomic E-state index is -1.60. The van der Waals surface area contributed by atoms with Crippen molar-refractivity contribution in [3.63, 3.8) is 0 Å². The van der Waals surface area contributed by atoms with Crippen molar-refractivity contribution in [1.29, 1.82) is 0 Å². The lowest BCUT2D eigenvalue weighted by Crippen LogP contribution is -2.53. The van der Waals surface area contributed by atoms with Gasteiger partial charge in [0.2, 0.25) is 47.3 Å². The quantitative estimate of drug-likeness (QED) is 0.0169. The summed E-state index contributed by atoms with van der Waals surface area (Å²) < 4.78 is 12.7. The molecule has 0 aromatic heterocycles. The van der Waals surface area contributed by atoms with E-state index in [0.29, 0.717) is 42.4 Å². The number of anilines is 2. The first-order valence-electron chi connectivity index (χ1n) is 25.7. The van der Waals surface area contributed by atoms with Gasteiger partial charge in [0.25, 0.3) is 0 Å². The van der Waals surface area contributed by atoms with Crippen molar-refractivity contribution in [2.24, 2.45) is 56.2 Å². The second-order valence-corrected chi connectivity index (χ2v) is 19.7. The van der Waals surface area contributed by atoms with Crippen LogP contribution in [-0.2, 0) is 48.7 Å². The average molecular weight is 1100 g/mol. The Morgan fingerprint density at radius 2 is 1.06 bits per heavy atom. The summed E-state index contributed by atoms with van der Waals surface area (Å²) in [5.74, 6) is -5.76. The number of amides is 8. The van der Waals surface area contributed by atoms with Crippen molar-refractivity contribution in [2.45, 2.75) is 96.0 Å². The van der Waals surface area contributed by atoms with Crippen molar-refractivity contribution in [3.05, 3.63) is 82.9 Å². The van der Waals surface area contributed by atoms with Gasteiger partial charge < -0.3 is 86.4 Å². The summed E-state index contributed by atoms with van der Waals surface area (Å²) in [4.78, 5) is 126. The molecule has 79 heavy (non-hydrogen) atoms. The lowest BCUT2D eigenvalue weighted by molar-refractivity contribution is -0.131. The van der Waals surface area contributed by atoms with Crippen molar-refractivity contribution >= 4 is 76.5 Å². The molecule has 2 heterocycles. The van der Waals surface area contributed by atoms with Crippen LogP contribution in [0.3, 0.4) is 0 Å². The molecule has 0 radical (unpaired) electrons. The second kappa shape index (κ2) is 28.5. The largest absolute Gasteiger partial charge is 0.454 e. The summed E-state index contributed by atoms with van der Waals surface area (Å²) in [5.41, 5.74) is 33.9. The Bertz CT molecular complexity index is 2810. The number of para-hydroxylation sites is 1. The SMILES string of the molecule is CC(C)C[C@H](N)C(=O)N[C@@H](CCCN=C(N)N)C(=O)NCC(=O)NCC(=O)Nc1ccc2c(c1)Oc1c(NC(=O)CNC(=O)CNC(=O)[C@H](CCCN=C(N)N)NC(=O)[C@@H](N)CC(C)C)cccc1C21OC(=O)c2ccccc21. The van der Waals surface area contributed by atoms with Crippen molar-refractivity contribution in [2.75, 3.05) is 49.9 Å². The van der Waals surface area contributed by atoms with E-state index in [2.05, 4.69) is 52.5 Å². The number of esters is 1. The first kappa shape index (κ1) is 61.0. The van der Waals surface area contributed by atoms with Crippen LogP contribution < -0.4 is 81.7 Å². The number of aliphatic imine (C=N–C) groups is 2. The average Bonchev–Trinajstić information content (AvgIpc) is 2.96. The molecular formula is C52H72N16O11. The number of carbonyl (C=O) groups excluding carboxylic acids is 9. The van der Waals surface area contributed by atoms with E-state index in [0.717, 1.165) is 0 Å². The fraction of sp³-hybridized carbons (Fsp3) is 0.442. The number of ether oxygens (including phenoxy) is 2. The van der Waals surface area contributed by atoms with Crippen molar-refractivity contribution in [3.8, 4) is 11.5 Å². The third-order valence-corrected chi connectivity index (χ3v) is 12.3. The molecule has 1 unspecified atom stereocenters. The molecule has 0 fully saturated rings. The summed E-state index contributed by atoms with van der Waals surface area (Å²) >= 11 is 0. The standard InChI is InChI=1S/C52H72N16O11/c1-27(2)20-34(53)45(73)67-37(14-8-18-59-50(55)56)47(75)63-23-40(69)61-25-42(71)65-29-16-17-32-39(22-29)78-44-33(52(32)31-11-6-5-10-30(31)49(77)79-52)12-7-13-36(44)66-43(72)26-62-41(70)24-64-48(76)38(15-9-19-60-51(57)58)68-46(74)35(54)21-28(3)4/h5-7,10-13,16-17,22,27-28,34-35,37-38H,8-9,14-15,18-21,23-26,53-54H2,1-4H3,(H,61,69)(H,62,70)(H,63,75)(H,64,76)(H,65,71)(H,66,72)(H,67,73)(H,68,74)(H4,55,56,59)(H4,57,58,60)/t34-,35-,37-,38-,52?/m0/s1. The van der Waals surface area contributed by atoms with E-state index < -0.39 is 109 Å². The van der Waals surface area contributed by atoms with E-state index >= 15 is 0 Å². The third kappa shape index (κ3) is 17.3. The summed E-state index contributed by atoms with van der Waals surface area (Å²) in [6.07, 6.45) is 1.64. The molecule has 0 bridgehead atoms. The maximum atomic E-state index is 13.5. The van der Waals surface area contributed by atoms with Gasteiger partial charge in [0.15, 0.2) is 23.3 Å². The maximum absolute atomic E-state index is 13.5. The Balaban J connectivity index is 1.24. The van der Waals surface area contributed by atoms with Gasteiger partial charge in [-0.25, -0.2) is 4.79 Å². The smallest absolute Gasteiger partial charge is 0.340 e. The number of carbonyl (C=O) groups is 9. The number of nitrogens with one attached hydrogen (secondary N) is 8. The van der Waals surface area contributed by atoms with Gasteiger partial charge >= 0.3 is 5.97 Å². The van der Waals surface area contributed by atoms with E-state index in [-0.39, 0.29) is 78.1 Å². The van der Waals surface area contributed by atoms with E-state index in [1.165, 1.54) is 12.1 Å². The van der Waals surface area contributed by atoms with Gasteiger partial charge in [0, 0.05) is 41.5 Å². The van der Waals surface area contributed by atoms with Gasteiger partial charge in [0.1, 0.15) is 17.8 Å². The van der Waals surface area contributed by atoms with E-state index in [4.69, 9.17) is 43.9 Å². The van der Waals surface area contributed by atoms with Crippen LogP contribution in [0.2, 0.25) is 0 Å². The molecule has 20 N–H and O–H groups in total. The van der Waals surface area contributed by atoms with Crippen LogP contribution in [0.15, 0.2) is 70.6 Å². The van der Waals surface area contributed by atoms with E-state index in [1.54, 1.807) is 48.5 Å². The topological polar surface area (TPSA) is 449 Å². The van der Waals surface area contributed by atoms with Crippen LogP contribution in [0.5, 0.6) is 11.5 Å². The fourth-order valence-corrected chi connectivity index (χ4v) is 8.67. The van der Waals surface area contributed by atoms with Gasteiger partial charge in [-0.15, -0.1) is 0 Å². The van der Waals surface area contributed by atoms with Gasteiger partial charge in [-0.1, -0.05) is 58.0 Å². The summed E-state index contributed by atoms with van der Waals surface area (Å²) in [6.45, 7) is 5.79. The number of benzene rings is 3. The molecule has 5 atom stereocenters. The Hall–Kier alpha value is -8.85. The van der Waals surface area contributed by atoms with Crippen LogP contribution in [-0.4, -0.2) is 129 Å². The number of nitrogens with zero attached hydrogens (tertiary/aromatic N) is 2. The molecule has 3 aromatic rings. The fourth-order valence-electron chi connectivity index (χ4n) is 8.67. The molecule has 5 rings (SSSR count). The number of hydrogen-bond acceptors (Lipinski definition) is 15. The number of fused-ring (bicyclic) bond motifs is 6. The zero-order chi connectivity index (χ0) is 58.0. The number of rotatable bonds is 28. The van der Waals surface area contributed by atoms with Crippen LogP contribution in [0, 0.1) is 11.8 Å². The predicted octanol–water partition coefficient (Wildman–Crippen LogP) is -1.58. The predicted molar refractivity (Wildman–Crippen MR) is 293 cm³/mol. The number of nitrogens with two attached hydrogens (primary N) is 6. The number of hydrogen-bond donors (Lipinski definition) is 14. The summed E-state index contributed by atoms with van der Waals surface area (Å²) in [5, 5.41) is 20.5. The van der Waals surface area contributed by atoms with E-state index in [1.807, 2.05) is 27.7 Å². The second-order valence-electron chi connectivity index (χ2n) is 19.7. The molecule has 8 amide bonds. The van der Waals surface area contributed by atoms with Crippen LogP contribution in [0.1, 0.15) is 93.3 Å². The van der Waals surface area contributed by atoms with Gasteiger partial charge in [-0.2, -0.15) is 0 Å². The molecule has 2 aliphatic heterocycles. The molecule has 0 aliphatic carbocycles. The van der Waals surface area contributed by atoms with E-state index in [9.17, 15) is 43.2 Å². The Kier molecular flexibility index (Phi) is 22.0. The first-order valence-corrected chi connectivity index (χ1v) is 25.7. The minimum Gasteiger partial charge on any atom is -0.454 e. The van der Waals surface area contributed by atoms with Crippen LogP contribution >= 0.6 is 0 Å². The Morgan fingerprint density at radius 3 is 1.58 bits per heavy atom. The number of guanidine groups is 2. The first-order chi connectivity index (χ1) is 37.5. The Morgan fingerprint density at radius 1 is 0.570 bits per heavy atom. The monoisotopic (exact) mass is 1100 g/mol. The highest BCUT2D eigenvalue weighted by Crippen LogP contribution is 2.58. The van der Waals surface area contributed by atoms with Crippen LogP contribution in [0.4, 0.5) is 11.4 Å². The highest BCUT2D eigenvalue weighted by Gasteiger charge is 2.54. The van der Waals surface area contributed by atoms with Crippen molar-refractivity contribution < 1.29 is 52.6 Å². The van der Waals surface area contributed by atoms with Gasteiger partial charge in [0.05, 0.1) is 49.5 Å². The molecule has 0 saturated carbocycles. The summed E-state index contributed by atoms with van der Waals surface area (Å²) in [6, 6.07) is 12.3. The maximum Gasteiger partial charge on any atom is 0.340 e. The van der Waals surface area contributed by atoms with Gasteiger partial charge in [-0.3, -0.25) is 48.3 Å². The van der Waals surface area contributed by atoms with Gasteiger partial charge in [-0.05, 0) is 74.6 Å². The lowest BCUT2D eigenvalue weighted by atomic mass is 9.77. The zero-order valence-electron chi connectivity index (χ0n) is 44.6. The highest BCUT2D eigenvalue weighted by atomic mass is 16.6. The molecule has 426 valence electrons. The summed E-state index contributed by atoms with van der Waals surface area (Å²) in [7, 11) is 0. The molecule has 2 aliphatic rings. The van der Waals surface area contributed by atoms with Crippen molar-refractivity contribution in [1.82, 2.24) is 31.9 Å². The Labute approximate surface area is 456 Å².